The smallest absolute Gasteiger partial charge is 0.272 e. The Balaban J connectivity index is 1.87. The molecule has 2 aromatic carbocycles. The number of benzene rings is 2. The van der Waals surface area contributed by atoms with Gasteiger partial charge in [-0.25, -0.2) is 0 Å². The molecule has 0 aliphatic carbocycles. The van der Waals surface area contributed by atoms with Crippen LogP contribution in [-0.2, 0) is 0 Å². The topological polar surface area (TPSA) is 48.1 Å². The van der Waals surface area contributed by atoms with Crippen LogP contribution in [0.25, 0.3) is 10.9 Å². The standard InChI is InChI=1S/C18H18ClN3O/c1-11-15-10-12(19)4-9-16(15)21-17(11)18(23)20-13-5-7-14(8-6-13)22(2)3/h4-10,21H,1-3H3,(H,20,23). The fourth-order valence-electron chi connectivity index (χ4n) is 2.56. The predicted octanol–water partition coefficient (Wildman–Crippen LogP) is 4.45. The van der Waals surface area contributed by atoms with Crippen molar-refractivity contribution in [1.82, 2.24) is 4.98 Å². The van der Waals surface area contributed by atoms with Crippen LogP contribution in [0.2, 0.25) is 5.02 Å². The Hall–Kier alpha value is -2.46. The number of H-pyrrole nitrogens is 1. The van der Waals surface area contributed by atoms with E-state index in [-0.39, 0.29) is 5.91 Å². The zero-order chi connectivity index (χ0) is 16.6. The molecule has 1 aromatic heterocycles. The Morgan fingerprint density at radius 3 is 2.48 bits per heavy atom. The van der Waals surface area contributed by atoms with Crippen LogP contribution in [0.1, 0.15) is 16.1 Å². The van der Waals surface area contributed by atoms with Gasteiger partial charge in [-0.05, 0) is 55.0 Å². The second kappa shape index (κ2) is 5.97. The average molecular weight is 328 g/mol. The second-order valence-electron chi connectivity index (χ2n) is 5.71. The summed E-state index contributed by atoms with van der Waals surface area (Å²) in [4.78, 5) is 17.7. The first-order valence-corrected chi connectivity index (χ1v) is 7.70. The van der Waals surface area contributed by atoms with Crippen molar-refractivity contribution in [3.05, 3.63) is 58.7 Å². The third-order valence-corrected chi connectivity index (χ3v) is 4.12. The van der Waals surface area contributed by atoms with E-state index in [0.29, 0.717) is 10.7 Å². The van der Waals surface area contributed by atoms with Gasteiger partial charge in [0.15, 0.2) is 0 Å². The van der Waals surface area contributed by atoms with E-state index in [1.165, 1.54) is 0 Å². The number of rotatable bonds is 3. The first-order chi connectivity index (χ1) is 11.0. The molecule has 0 fully saturated rings. The van der Waals surface area contributed by atoms with Gasteiger partial charge in [0.1, 0.15) is 5.69 Å². The molecule has 0 spiro atoms. The molecule has 23 heavy (non-hydrogen) atoms. The number of carbonyl (C=O) groups excluding carboxylic acids is 1. The molecular weight excluding hydrogens is 310 g/mol. The quantitative estimate of drug-likeness (QED) is 0.746. The lowest BCUT2D eigenvalue weighted by Gasteiger charge is -2.13. The molecule has 1 heterocycles. The number of aryl methyl sites for hydroxylation is 1. The lowest BCUT2D eigenvalue weighted by atomic mass is 10.1. The van der Waals surface area contributed by atoms with Crippen molar-refractivity contribution in [2.24, 2.45) is 0 Å². The van der Waals surface area contributed by atoms with Gasteiger partial charge in [-0.1, -0.05) is 11.6 Å². The summed E-state index contributed by atoms with van der Waals surface area (Å²) in [5.41, 5.74) is 4.19. The first-order valence-electron chi connectivity index (χ1n) is 7.32. The van der Waals surface area contributed by atoms with E-state index < -0.39 is 0 Å². The molecule has 5 heteroatoms. The summed E-state index contributed by atoms with van der Waals surface area (Å²) in [7, 11) is 3.96. The van der Waals surface area contributed by atoms with Gasteiger partial charge in [-0.3, -0.25) is 4.79 Å². The van der Waals surface area contributed by atoms with E-state index >= 15 is 0 Å². The molecule has 0 atom stereocenters. The molecule has 3 rings (SSSR count). The highest BCUT2D eigenvalue weighted by molar-refractivity contribution is 6.31. The van der Waals surface area contributed by atoms with Gasteiger partial charge in [0.2, 0.25) is 0 Å². The molecule has 0 saturated carbocycles. The molecule has 0 aliphatic heterocycles. The number of nitrogens with zero attached hydrogens (tertiary/aromatic N) is 1. The fourth-order valence-corrected chi connectivity index (χ4v) is 2.73. The summed E-state index contributed by atoms with van der Waals surface area (Å²) < 4.78 is 0. The molecule has 4 nitrogen and oxygen atoms in total. The third kappa shape index (κ3) is 3.03. The Labute approximate surface area is 140 Å². The highest BCUT2D eigenvalue weighted by atomic mass is 35.5. The fraction of sp³-hybridized carbons (Fsp3) is 0.167. The van der Waals surface area contributed by atoms with Crippen LogP contribution >= 0.6 is 11.6 Å². The van der Waals surface area contributed by atoms with Crippen LogP contribution in [0.4, 0.5) is 11.4 Å². The third-order valence-electron chi connectivity index (χ3n) is 3.89. The van der Waals surface area contributed by atoms with E-state index in [0.717, 1.165) is 27.8 Å². The number of halogens is 1. The summed E-state index contributed by atoms with van der Waals surface area (Å²) >= 11 is 6.03. The molecule has 3 aromatic rings. The lowest BCUT2D eigenvalue weighted by Crippen LogP contribution is -2.14. The van der Waals surface area contributed by atoms with Gasteiger partial charge >= 0.3 is 0 Å². The van der Waals surface area contributed by atoms with Crippen LogP contribution in [0, 0.1) is 6.92 Å². The minimum atomic E-state index is -0.160. The molecular formula is C18H18ClN3O. The minimum absolute atomic E-state index is 0.160. The van der Waals surface area contributed by atoms with Crippen LogP contribution in [0.15, 0.2) is 42.5 Å². The van der Waals surface area contributed by atoms with Gasteiger partial charge in [0.25, 0.3) is 5.91 Å². The minimum Gasteiger partial charge on any atom is -0.378 e. The normalized spacial score (nSPS) is 10.8. The van der Waals surface area contributed by atoms with Crippen LogP contribution in [0.3, 0.4) is 0 Å². The largest absolute Gasteiger partial charge is 0.378 e. The molecule has 1 amide bonds. The number of hydrogen-bond acceptors (Lipinski definition) is 2. The van der Waals surface area contributed by atoms with Gasteiger partial charge in [-0.2, -0.15) is 0 Å². The van der Waals surface area contributed by atoms with Crippen LogP contribution in [0.5, 0.6) is 0 Å². The molecule has 0 radical (unpaired) electrons. The number of fused-ring (bicyclic) bond motifs is 1. The zero-order valence-corrected chi connectivity index (χ0v) is 14.0. The Kier molecular flexibility index (Phi) is 4.01. The van der Waals surface area contributed by atoms with Gasteiger partial charge < -0.3 is 15.2 Å². The molecule has 0 unspecified atom stereocenters. The van der Waals surface area contributed by atoms with Crippen molar-refractivity contribution in [2.45, 2.75) is 6.92 Å². The van der Waals surface area contributed by atoms with E-state index in [9.17, 15) is 4.79 Å². The van der Waals surface area contributed by atoms with Crippen molar-refractivity contribution >= 4 is 39.8 Å². The summed E-state index contributed by atoms with van der Waals surface area (Å²) in [6.07, 6.45) is 0. The number of hydrogen-bond donors (Lipinski definition) is 2. The maximum atomic E-state index is 12.5. The number of aromatic nitrogens is 1. The van der Waals surface area contributed by atoms with E-state index in [2.05, 4.69) is 10.3 Å². The summed E-state index contributed by atoms with van der Waals surface area (Å²) in [6, 6.07) is 13.3. The average Bonchev–Trinajstić information content (AvgIpc) is 2.85. The maximum absolute atomic E-state index is 12.5. The van der Waals surface area contributed by atoms with Gasteiger partial charge in [0, 0.05) is 41.4 Å². The summed E-state index contributed by atoms with van der Waals surface area (Å²) in [5.74, 6) is -0.160. The van der Waals surface area contributed by atoms with Crippen molar-refractivity contribution in [3.8, 4) is 0 Å². The van der Waals surface area contributed by atoms with E-state index in [1.807, 2.05) is 68.4 Å². The highest BCUT2D eigenvalue weighted by Crippen LogP contribution is 2.25. The Bertz CT molecular complexity index is 866. The van der Waals surface area contributed by atoms with E-state index in [4.69, 9.17) is 11.6 Å². The number of amides is 1. The van der Waals surface area contributed by atoms with Crippen molar-refractivity contribution in [2.75, 3.05) is 24.3 Å². The number of aromatic amines is 1. The maximum Gasteiger partial charge on any atom is 0.272 e. The van der Waals surface area contributed by atoms with E-state index in [1.54, 1.807) is 0 Å². The number of anilines is 2. The summed E-state index contributed by atoms with van der Waals surface area (Å²) in [6.45, 7) is 1.92. The molecule has 0 saturated heterocycles. The molecule has 0 aliphatic rings. The molecule has 2 N–H and O–H groups in total. The Morgan fingerprint density at radius 1 is 1.13 bits per heavy atom. The van der Waals surface area contributed by atoms with Crippen LogP contribution < -0.4 is 10.2 Å². The number of nitrogens with one attached hydrogen (secondary N) is 2. The molecule has 118 valence electrons. The first kappa shape index (κ1) is 15.4. The lowest BCUT2D eigenvalue weighted by molar-refractivity contribution is 0.102. The van der Waals surface area contributed by atoms with Crippen molar-refractivity contribution in [3.63, 3.8) is 0 Å². The highest BCUT2D eigenvalue weighted by Gasteiger charge is 2.15. The van der Waals surface area contributed by atoms with Crippen molar-refractivity contribution in [1.29, 1.82) is 0 Å². The SMILES string of the molecule is Cc1c(C(=O)Nc2ccc(N(C)C)cc2)[nH]c2ccc(Cl)cc12. The van der Waals surface area contributed by atoms with Crippen molar-refractivity contribution < 1.29 is 4.79 Å². The Morgan fingerprint density at radius 2 is 1.83 bits per heavy atom. The summed E-state index contributed by atoms with van der Waals surface area (Å²) in [5, 5.41) is 4.54. The number of carbonyl (C=O) groups is 1. The zero-order valence-electron chi connectivity index (χ0n) is 13.3. The van der Waals surface area contributed by atoms with Gasteiger partial charge in [-0.15, -0.1) is 0 Å². The second-order valence-corrected chi connectivity index (χ2v) is 6.15. The molecule has 0 bridgehead atoms. The predicted molar refractivity (Wildman–Crippen MR) is 96.8 cm³/mol. The van der Waals surface area contributed by atoms with Crippen LogP contribution in [-0.4, -0.2) is 25.0 Å². The monoisotopic (exact) mass is 327 g/mol. The van der Waals surface area contributed by atoms with Gasteiger partial charge in [0.05, 0.1) is 0 Å².